The highest BCUT2D eigenvalue weighted by Crippen LogP contribution is 2.11. The van der Waals surface area contributed by atoms with Crippen LogP contribution in [0.25, 0.3) is 0 Å². The standard InChI is InChI=1S/C6H8N2O3S/c9-2-1-7-3-4-5(10)8-6(11)12-4/h3,9-10H,1-2H2,(H,8,11). The first-order chi connectivity index (χ1) is 5.74. The lowest BCUT2D eigenvalue weighted by Gasteiger charge is -1.86. The molecule has 1 heterocycles. The van der Waals surface area contributed by atoms with Crippen molar-refractivity contribution >= 4 is 17.6 Å². The maximum Gasteiger partial charge on any atom is 0.307 e. The van der Waals surface area contributed by atoms with E-state index in [-0.39, 0.29) is 23.9 Å². The average molecular weight is 188 g/mol. The van der Waals surface area contributed by atoms with Crippen molar-refractivity contribution in [2.75, 3.05) is 13.2 Å². The molecule has 1 rings (SSSR count). The van der Waals surface area contributed by atoms with Crippen molar-refractivity contribution in [2.45, 2.75) is 0 Å². The summed E-state index contributed by atoms with van der Waals surface area (Å²) in [7, 11) is 0. The SMILES string of the molecule is O=c1[nH]c(O)c(C=NCCO)s1. The Hall–Kier alpha value is -1.14. The molecule has 0 saturated heterocycles. The van der Waals surface area contributed by atoms with Gasteiger partial charge in [0.15, 0.2) is 0 Å². The Bertz CT molecular complexity index is 328. The van der Waals surface area contributed by atoms with Gasteiger partial charge in [-0.1, -0.05) is 11.3 Å². The van der Waals surface area contributed by atoms with E-state index in [2.05, 4.69) is 9.98 Å². The second-order valence-electron chi connectivity index (χ2n) is 1.99. The minimum Gasteiger partial charge on any atom is -0.493 e. The summed E-state index contributed by atoms with van der Waals surface area (Å²) >= 11 is 0.873. The third kappa shape index (κ3) is 2.18. The minimum atomic E-state index is -0.321. The highest BCUT2D eigenvalue weighted by atomic mass is 32.1. The number of hydrogen-bond donors (Lipinski definition) is 3. The molecule has 3 N–H and O–H groups in total. The molecule has 0 bridgehead atoms. The number of aromatic nitrogens is 1. The number of aromatic hydroxyl groups is 1. The first-order valence-corrected chi connectivity index (χ1v) is 4.08. The van der Waals surface area contributed by atoms with Gasteiger partial charge in [-0.2, -0.15) is 0 Å². The van der Waals surface area contributed by atoms with Crippen molar-refractivity contribution in [1.82, 2.24) is 4.98 Å². The quantitative estimate of drug-likeness (QED) is 0.562. The zero-order valence-corrected chi connectivity index (χ0v) is 6.97. The summed E-state index contributed by atoms with van der Waals surface area (Å²) in [6.07, 6.45) is 1.36. The van der Waals surface area contributed by atoms with Crippen LogP contribution in [0.15, 0.2) is 9.79 Å². The Balaban J connectivity index is 2.75. The summed E-state index contributed by atoms with van der Waals surface area (Å²) in [6, 6.07) is 0. The highest BCUT2D eigenvalue weighted by molar-refractivity contribution is 7.11. The molecule has 12 heavy (non-hydrogen) atoms. The number of aromatic amines is 1. The molecule has 0 spiro atoms. The van der Waals surface area contributed by atoms with Crippen molar-refractivity contribution in [2.24, 2.45) is 4.99 Å². The molecular formula is C6H8N2O3S. The maximum absolute atomic E-state index is 10.6. The number of hydrogen-bond acceptors (Lipinski definition) is 5. The molecule has 66 valence electrons. The number of thiazole rings is 1. The van der Waals surface area contributed by atoms with Crippen LogP contribution in [0.4, 0.5) is 0 Å². The van der Waals surface area contributed by atoms with Gasteiger partial charge in [0, 0.05) is 6.21 Å². The smallest absolute Gasteiger partial charge is 0.307 e. The zero-order valence-electron chi connectivity index (χ0n) is 6.15. The summed E-state index contributed by atoms with van der Waals surface area (Å²) in [5.41, 5.74) is 0. The molecule has 1 aromatic rings. The van der Waals surface area contributed by atoms with Gasteiger partial charge in [0.25, 0.3) is 0 Å². The molecule has 0 aromatic carbocycles. The van der Waals surface area contributed by atoms with Crippen molar-refractivity contribution in [3.05, 3.63) is 14.5 Å². The minimum absolute atomic E-state index is 0.0451. The van der Waals surface area contributed by atoms with E-state index in [0.29, 0.717) is 4.88 Å². The topological polar surface area (TPSA) is 85.7 Å². The van der Waals surface area contributed by atoms with Gasteiger partial charge in [0.1, 0.15) is 4.88 Å². The largest absolute Gasteiger partial charge is 0.493 e. The average Bonchev–Trinajstić information content (AvgIpc) is 2.31. The van der Waals surface area contributed by atoms with Crippen LogP contribution in [0.3, 0.4) is 0 Å². The number of H-pyrrole nitrogens is 1. The van der Waals surface area contributed by atoms with Crippen molar-refractivity contribution < 1.29 is 10.2 Å². The molecule has 6 heteroatoms. The van der Waals surface area contributed by atoms with Gasteiger partial charge in [-0.05, 0) is 0 Å². The number of rotatable bonds is 3. The van der Waals surface area contributed by atoms with Gasteiger partial charge in [-0.3, -0.25) is 14.8 Å². The summed E-state index contributed by atoms with van der Waals surface area (Å²) in [4.78, 5) is 16.6. The van der Waals surface area contributed by atoms with E-state index in [1.165, 1.54) is 6.21 Å². The molecule has 5 nitrogen and oxygen atoms in total. The molecule has 0 atom stereocenters. The van der Waals surface area contributed by atoms with Crippen LogP contribution >= 0.6 is 11.3 Å². The van der Waals surface area contributed by atoms with E-state index in [4.69, 9.17) is 10.2 Å². The molecule has 0 aliphatic carbocycles. The fraction of sp³-hybridized carbons (Fsp3) is 0.333. The molecular weight excluding hydrogens is 180 g/mol. The molecule has 0 radical (unpaired) electrons. The van der Waals surface area contributed by atoms with Crippen molar-refractivity contribution in [3.8, 4) is 5.88 Å². The van der Waals surface area contributed by atoms with E-state index < -0.39 is 0 Å². The van der Waals surface area contributed by atoms with Gasteiger partial charge in [0.2, 0.25) is 5.88 Å². The van der Waals surface area contributed by atoms with Crippen LogP contribution in [0.5, 0.6) is 5.88 Å². The Labute approximate surface area is 72.0 Å². The predicted octanol–water partition coefficient (Wildman–Crippen LogP) is -0.447. The lowest BCUT2D eigenvalue weighted by atomic mass is 10.5. The molecule has 0 aliphatic rings. The van der Waals surface area contributed by atoms with Gasteiger partial charge in [0.05, 0.1) is 13.2 Å². The second kappa shape index (κ2) is 4.03. The molecule has 0 amide bonds. The Morgan fingerprint density at radius 3 is 2.92 bits per heavy atom. The van der Waals surface area contributed by atoms with Gasteiger partial charge >= 0.3 is 4.87 Å². The number of nitrogens with one attached hydrogen (secondary N) is 1. The highest BCUT2D eigenvalue weighted by Gasteiger charge is 2.01. The van der Waals surface area contributed by atoms with Gasteiger partial charge < -0.3 is 10.2 Å². The fourth-order valence-corrected chi connectivity index (χ4v) is 1.25. The molecule has 0 unspecified atom stereocenters. The number of aliphatic imine (C=N–C) groups is 1. The van der Waals surface area contributed by atoms with Crippen LogP contribution < -0.4 is 4.87 Å². The van der Waals surface area contributed by atoms with Crippen LogP contribution in [-0.4, -0.2) is 34.6 Å². The van der Waals surface area contributed by atoms with E-state index >= 15 is 0 Å². The third-order valence-corrected chi connectivity index (χ3v) is 1.90. The zero-order chi connectivity index (χ0) is 8.97. The molecule has 0 fully saturated rings. The number of aliphatic hydroxyl groups excluding tert-OH is 1. The maximum atomic E-state index is 10.6. The van der Waals surface area contributed by atoms with Crippen LogP contribution in [-0.2, 0) is 0 Å². The van der Waals surface area contributed by atoms with Crippen LogP contribution in [0.1, 0.15) is 4.88 Å². The normalized spacial score (nSPS) is 11.1. The Morgan fingerprint density at radius 2 is 2.42 bits per heavy atom. The van der Waals surface area contributed by atoms with E-state index in [1.807, 2.05) is 0 Å². The second-order valence-corrected chi connectivity index (χ2v) is 3.00. The van der Waals surface area contributed by atoms with E-state index in [0.717, 1.165) is 11.3 Å². The van der Waals surface area contributed by atoms with Crippen molar-refractivity contribution in [3.63, 3.8) is 0 Å². The summed E-state index contributed by atoms with van der Waals surface area (Å²) < 4.78 is 0. The molecule has 0 aliphatic heterocycles. The predicted molar refractivity (Wildman–Crippen MR) is 46.2 cm³/mol. The lowest BCUT2D eigenvalue weighted by Crippen LogP contribution is -1.89. The first-order valence-electron chi connectivity index (χ1n) is 3.27. The van der Waals surface area contributed by atoms with Crippen molar-refractivity contribution in [1.29, 1.82) is 0 Å². The van der Waals surface area contributed by atoms with E-state index in [9.17, 15) is 4.79 Å². The van der Waals surface area contributed by atoms with Crippen LogP contribution in [0, 0.1) is 0 Å². The van der Waals surface area contributed by atoms with E-state index in [1.54, 1.807) is 0 Å². The fourth-order valence-electron chi connectivity index (χ4n) is 0.625. The third-order valence-electron chi connectivity index (χ3n) is 1.09. The Morgan fingerprint density at radius 1 is 1.67 bits per heavy atom. The number of nitrogens with zero attached hydrogens (tertiary/aromatic N) is 1. The summed E-state index contributed by atoms with van der Waals surface area (Å²) in [6.45, 7) is 0.224. The lowest BCUT2D eigenvalue weighted by molar-refractivity contribution is 0.307. The summed E-state index contributed by atoms with van der Waals surface area (Å²) in [5, 5.41) is 17.4. The van der Waals surface area contributed by atoms with Gasteiger partial charge in [-0.25, -0.2) is 0 Å². The Kier molecular flexibility index (Phi) is 3.01. The molecule has 0 saturated carbocycles. The number of aliphatic hydroxyl groups is 1. The molecule has 1 aromatic heterocycles. The van der Waals surface area contributed by atoms with Crippen LogP contribution in [0.2, 0.25) is 0 Å². The summed E-state index contributed by atoms with van der Waals surface area (Å²) in [5.74, 6) is -0.174. The first kappa shape index (κ1) is 8.95. The van der Waals surface area contributed by atoms with Gasteiger partial charge in [-0.15, -0.1) is 0 Å². The monoisotopic (exact) mass is 188 g/mol.